The molecule has 0 aliphatic rings. The highest BCUT2D eigenvalue weighted by Crippen LogP contribution is 2.08. The summed E-state index contributed by atoms with van der Waals surface area (Å²) in [6.07, 6.45) is 1.66. The number of hydrogen-bond donors (Lipinski definition) is 2. The van der Waals surface area contributed by atoms with E-state index in [1.807, 2.05) is 32.2 Å². The Hall–Kier alpha value is -2.14. The molecule has 1 aromatic carbocycles. The number of pyridine rings is 1. The minimum Gasteiger partial charge on any atom is -0.353 e. The predicted octanol–water partition coefficient (Wildman–Crippen LogP) is 0.726. The third-order valence-electron chi connectivity index (χ3n) is 3.30. The molecular formula is C15H19N3O2. The summed E-state index contributed by atoms with van der Waals surface area (Å²) in [5.41, 5.74) is 0.748. The molecule has 106 valence electrons. The predicted molar refractivity (Wildman–Crippen MR) is 79.7 cm³/mol. The molecule has 0 saturated heterocycles. The van der Waals surface area contributed by atoms with Gasteiger partial charge in [-0.1, -0.05) is 12.1 Å². The first-order valence-electron chi connectivity index (χ1n) is 6.64. The summed E-state index contributed by atoms with van der Waals surface area (Å²) in [6.45, 7) is 2.78. The molecule has 5 nitrogen and oxygen atoms in total. The normalized spacial score (nSPS) is 12.3. The molecule has 0 bridgehead atoms. The topological polar surface area (TPSA) is 63.1 Å². The molecular weight excluding hydrogens is 254 g/mol. The van der Waals surface area contributed by atoms with E-state index >= 15 is 0 Å². The Morgan fingerprint density at radius 1 is 1.30 bits per heavy atom. The van der Waals surface area contributed by atoms with Crippen LogP contribution in [0.3, 0.4) is 0 Å². The Morgan fingerprint density at radius 3 is 2.80 bits per heavy atom. The zero-order valence-electron chi connectivity index (χ0n) is 11.7. The number of fused-ring (bicyclic) bond motifs is 1. The fraction of sp³-hybridized carbons (Fsp3) is 0.333. The standard InChI is InChI=1S/C15H19N3O2/c1-11(16-2)9-17-15(20)10-18-8-7-14(19)12-5-3-4-6-13(12)18/h3-8,11,16H,9-10H2,1-2H3,(H,17,20). The summed E-state index contributed by atoms with van der Waals surface area (Å²) in [4.78, 5) is 23.7. The number of amides is 1. The number of hydrogen-bond acceptors (Lipinski definition) is 3. The van der Waals surface area contributed by atoms with Gasteiger partial charge in [-0.05, 0) is 26.1 Å². The van der Waals surface area contributed by atoms with Crippen molar-refractivity contribution in [3.63, 3.8) is 0 Å². The number of nitrogens with zero attached hydrogens (tertiary/aromatic N) is 1. The second-order valence-electron chi connectivity index (χ2n) is 4.82. The SMILES string of the molecule is CNC(C)CNC(=O)Cn1ccc(=O)c2ccccc21. The number of carbonyl (C=O) groups is 1. The Bertz CT molecular complexity index is 663. The molecule has 0 fully saturated rings. The summed E-state index contributed by atoms with van der Waals surface area (Å²) < 4.78 is 1.79. The average molecular weight is 273 g/mol. The van der Waals surface area contributed by atoms with Gasteiger partial charge in [0.25, 0.3) is 0 Å². The Labute approximate surface area is 117 Å². The van der Waals surface area contributed by atoms with Crippen LogP contribution in [0.15, 0.2) is 41.3 Å². The Balaban J connectivity index is 2.16. The van der Waals surface area contributed by atoms with E-state index in [1.165, 1.54) is 6.07 Å². The third kappa shape index (κ3) is 3.24. The number of rotatable bonds is 5. The molecule has 0 aliphatic carbocycles. The maximum atomic E-state index is 11.9. The van der Waals surface area contributed by atoms with Crippen molar-refractivity contribution in [2.45, 2.75) is 19.5 Å². The van der Waals surface area contributed by atoms with Crippen molar-refractivity contribution < 1.29 is 4.79 Å². The van der Waals surface area contributed by atoms with Crippen molar-refractivity contribution in [2.24, 2.45) is 0 Å². The van der Waals surface area contributed by atoms with E-state index in [0.717, 1.165) is 5.52 Å². The third-order valence-corrected chi connectivity index (χ3v) is 3.30. The van der Waals surface area contributed by atoms with Gasteiger partial charge < -0.3 is 15.2 Å². The van der Waals surface area contributed by atoms with Gasteiger partial charge in [0.15, 0.2) is 5.43 Å². The molecule has 2 aromatic rings. The molecule has 0 saturated carbocycles. The fourth-order valence-corrected chi connectivity index (χ4v) is 1.98. The highest BCUT2D eigenvalue weighted by Gasteiger charge is 2.07. The summed E-state index contributed by atoms with van der Waals surface area (Å²) >= 11 is 0. The molecule has 0 spiro atoms. The average Bonchev–Trinajstić information content (AvgIpc) is 2.48. The van der Waals surface area contributed by atoms with Crippen LogP contribution in [0.1, 0.15) is 6.92 Å². The summed E-state index contributed by atoms with van der Waals surface area (Å²) in [5.74, 6) is -0.0686. The van der Waals surface area contributed by atoms with Gasteiger partial charge in [0, 0.05) is 30.2 Å². The number of likely N-dealkylation sites (N-methyl/N-ethyl adjacent to an activating group) is 1. The lowest BCUT2D eigenvalue weighted by Crippen LogP contribution is -2.38. The largest absolute Gasteiger partial charge is 0.353 e. The van der Waals surface area contributed by atoms with Crippen LogP contribution in [0, 0.1) is 0 Å². The molecule has 2 rings (SSSR count). The molecule has 0 aliphatic heterocycles. The summed E-state index contributed by atoms with van der Waals surface area (Å²) in [5, 5.41) is 6.55. The lowest BCUT2D eigenvalue weighted by atomic mass is 10.2. The summed E-state index contributed by atoms with van der Waals surface area (Å²) in [6, 6.07) is 9.02. The first-order chi connectivity index (χ1) is 9.61. The van der Waals surface area contributed by atoms with Crippen molar-refractivity contribution in [2.75, 3.05) is 13.6 Å². The van der Waals surface area contributed by atoms with Gasteiger partial charge in [-0.25, -0.2) is 0 Å². The molecule has 5 heteroatoms. The van der Waals surface area contributed by atoms with Crippen molar-refractivity contribution >= 4 is 16.8 Å². The fourth-order valence-electron chi connectivity index (χ4n) is 1.98. The van der Waals surface area contributed by atoms with E-state index in [-0.39, 0.29) is 23.9 Å². The number of para-hydroxylation sites is 1. The first-order valence-corrected chi connectivity index (χ1v) is 6.64. The van der Waals surface area contributed by atoms with E-state index < -0.39 is 0 Å². The van der Waals surface area contributed by atoms with E-state index in [0.29, 0.717) is 11.9 Å². The molecule has 1 heterocycles. The summed E-state index contributed by atoms with van der Waals surface area (Å²) in [7, 11) is 1.85. The first kappa shape index (κ1) is 14.3. The number of benzene rings is 1. The molecule has 2 N–H and O–H groups in total. The molecule has 1 atom stereocenters. The van der Waals surface area contributed by atoms with Crippen molar-refractivity contribution in [1.82, 2.24) is 15.2 Å². The number of aromatic nitrogens is 1. The highest BCUT2D eigenvalue weighted by atomic mass is 16.2. The zero-order chi connectivity index (χ0) is 14.5. The second-order valence-corrected chi connectivity index (χ2v) is 4.82. The van der Waals surface area contributed by atoms with Gasteiger partial charge in [-0.2, -0.15) is 0 Å². The minimum absolute atomic E-state index is 0.0268. The van der Waals surface area contributed by atoms with Crippen molar-refractivity contribution in [3.8, 4) is 0 Å². The van der Waals surface area contributed by atoms with Crippen molar-refractivity contribution in [1.29, 1.82) is 0 Å². The quantitative estimate of drug-likeness (QED) is 0.844. The van der Waals surface area contributed by atoms with Crippen LogP contribution in [-0.4, -0.2) is 30.1 Å². The van der Waals surface area contributed by atoms with E-state index in [2.05, 4.69) is 10.6 Å². The Kier molecular flexibility index (Phi) is 4.53. The highest BCUT2D eigenvalue weighted by molar-refractivity contribution is 5.82. The maximum Gasteiger partial charge on any atom is 0.239 e. The van der Waals surface area contributed by atoms with Gasteiger partial charge in [0.05, 0.1) is 5.52 Å². The van der Waals surface area contributed by atoms with Crippen LogP contribution in [0.5, 0.6) is 0 Å². The van der Waals surface area contributed by atoms with Crippen LogP contribution >= 0.6 is 0 Å². The van der Waals surface area contributed by atoms with Gasteiger partial charge >= 0.3 is 0 Å². The van der Waals surface area contributed by atoms with Crippen LogP contribution in [0.4, 0.5) is 0 Å². The molecule has 1 unspecified atom stereocenters. The Morgan fingerprint density at radius 2 is 2.05 bits per heavy atom. The maximum absolute atomic E-state index is 11.9. The van der Waals surface area contributed by atoms with E-state index in [1.54, 1.807) is 16.8 Å². The smallest absolute Gasteiger partial charge is 0.239 e. The lowest BCUT2D eigenvalue weighted by Gasteiger charge is -2.13. The van der Waals surface area contributed by atoms with E-state index in [4.69, 9.17) is 0 Å². The van der Waals surface area contributed by atoms with Crippen molar-refractivity contribution in [3.05, 3.63) is 46.8 Å². The van der Waals surface area contributed by atoms with Crippen LogP contribution in [0.25, 0.3) is 10.9 Å². The number of carbonyl (C=O) groups excluding carboxylic acids is 1. The zero-order valence-corrected chi connectivity index (χ0v) is 11.7. The van der Waals surface area contributed by atoms with Gasteiger partial charge in [0.1, 0.15) is 6.54 Å². The molecule has 1 amide bonds. The second kappa shape index (κ2) is 6.34. The van der Waals surface area contributed by atoms with Gasteiger partial charge in [-0.15, -0.1) is 0 Å². The monoisotopic (exact) mass is 273 g/mol. The minimum atomic E-state index is -0.0686. The molecule has 20 heavy (non-hydrogen) atoms. The van der Waals surface area contributed by atoms with Gasteiger partial charge in [0.2, 0.25) is 5.91 Å². The molecule has 0 radical (unpaired) electrons. The number of nitrogens with one attached hydrogen (secondary N) is 2. The lowest BCUT2D eigenvalue weighted by molar-refractivity contribution is -0.121. The van der Waals surface area contributed by atoms with Crippen LogP contribution in [-0.2, 0) is 11.3 Å². The van der Waals surface area contributed by atoms with Crippen LogP contribution in [0.2, 0.25) is 0 Å². The van der Waals surface area contributed by atoms with Gasteiger partial charge in [-0.3, -0.25) is 9.59 Å². The van der Waals surface area contributed by atoms with E-state index in [9.17, 15) is 9.59 Å². The van der Waals surface area contributed by atoms with Crippen LogP contribution < -0.4 is 16.1 Å². The molecule has 1 aromatic heterocycles.